The Balaban J connectivity index is 2.81. The molecule has 0 fully saturated rings. The van der Waals surface area contributed by atoms with Gasteiger partial charge in [-0.3, -0.25) is 0 Å². The first-order valence-corrected chi connectivity index (χ1v) is 4.44. The normalized spacial score (nSPS) is 10.6. The number of halogens is 2. The third-order valence-corrected chi connectivity index (χ3v) is 1.67. The molecule has 0 aliphatic rings. The van der Waals surface area contributed by atoms with E-state index in [9.17, 15) is 13.6 Å². The van der Waals surface area contributed by atoms with E-state index >= 15 is 0 Å². The third kappa shape index (κ3) is 3.16. The van der Waals surface area contributed by atoms with Crippen LogP contribution in [0.15, 0.2) is 24.3 Å². The Labute approximate surface area is 86.2 Å². The lowest BCUT2D eigenvalue weighted by Gasteiger charge is -1.98. The average Bonchev–Trinajstić information content (AvgIpc) is 2.21. The molecule has 2 nitrogen and oxygen atoms in total. The minimum Gasteiger partial charge on any atom is -0.463 e. The van der Waals surface area contributed by atoms with E-state index < -0.39 is 17.6 Å². The van der Waals surface area contributed by atoms with E-state index in [0.29, 0.717) is 0 Å². The minimum atomic E-state index is -0.974. The number of carbonyl (C=O) groups excluding carboxylic acids is 1. The first-order chi connectivity index (χ1) is 7.15. The molecule has 0 aliphatic carbocycles. The van der Waals surface area contributed by atoms with Crippen LogP contribution in [0.25, 0.3) is 6.08 Å². The summed E-state index contributed by atoms with van der Waals surface area (Å²) in [7, 11) is 0. The number of carbonyl (C=O) groups is 1. The van der Waals surface area contributed by atoms with Gasteiger partial charge in [0.25, 0.3) is 0 Å². The Bertz CT molecular complexity index is 386. The monoisotopic (exact) mass is 212 g/mol. The van der Waals surface area contributed by atoms with Crippen LogP contribution in [0.2, 0.25) is 0 Å². The SMILES string of the molecule is CCOC(=O)/C=C/c1cccc(F)c1F. The van der Waals surface area contributed by atoms with Gasteiger partial charge in [0.1, 0.15) is 0 Å². The van der Waals surface area contributed by atoms with E-state index in [-0.39, 0.29) is 12.2 Å². The summed E-state index contributed by atoms with van der Waals surface area (Å²) in [6, 6.07) is 3.74. The first-order valence-electron chi connectivity index (χ1n) is 4.44. The smallest absolute Gasteiger partial charge is 0.330 e. The minimum absolute atomic E-state index is 0.0167. The predicted molar refractivity (Wildman–Crippen MR) is 52.0 cm³/mol. The molecule has 0 bridgehead atoms. The molecule has 0 aromatic heterocycles. The first kappa shape index (κ1) is 11.4. The molecule has 0 spiro atoms. The molecule has 0 saturated heterocycles. The summed E-state index contributed by atoms with van der Waals surface area (Å²) in [5.41, 5.74) is 0.0167. The van der Waals surface area contributed by atoms with Gasteiger partial charge in [-0.05, 0) is 19.1 Å². The highest BCUT2D eigenvalue weighted by Crippen LogP contribution is 2.12. The predicted octanol–water partition coefficient (Wildman–Crippen LogP) is 2.54. The van der Waals surface area contributed by atoms with E-state index in [1.54, 1.807) is 6.92 Å². The van der Waals surface area contributed by atoms with Gasteiger partial charge in [0.2, 0.25) is 0 Å². The van der Waals surface area contributed by atoms with Crippen molar-refractivity contribution in [3.8, 4) is 0 Å². The van der Waals surface area contributed by atoms with Crippen LogP contribution in [0.5, 0.6) is 0 Å². The van der Waals surface area contributed by atoms with E-state index in [1.165, 1.54) is 18.2 Å². The summed E-state index contributed by atoms with van der Waals surface area (Å²) < 4.78 is 30.4. The van der Waals surface area contributed by atoms with Crippen LogP contribution in [0, 0.1) is 11.6 Å². The molecular formula is C11H10F2O2. The van der Waals surface area contributed by atoms with Crippen LogP contribution in [0.3, 0.4) is 0 Å². The molecule has 1 aromatic rings. The fourth-order valence-electron chi connectivity index (χ4n) is 0.997. The molecular weight excluding hydrogens is 202 g/mol. The lowest BCUT2D eigenvalue weighted by atomic mass is 10.2. The van der Waals surface area contributed by atoms with Crippen molar-refractivity contribution >= 4 is 12.0 Å². The van der Waals surface area contributed by atoms with E-state index in [2.05, 4.69) is 4.74 Å². The zero-order valence-electron chi connectivity index (χ0n) is 8.17. The Morgan fingerprint density at radius 2 is 2.20 bits per heavy atom. The summed E-state index contributed by atoms with van der Waals surface area (Å²) >= 11 is 0. The second-order valence-electron chi connectivity index (χ2n) is 2.73. The van der Waals surface area contributed by atoms with Gasteiger partial charge in [-0.15, -0.1) is 0 Å². The second-order valence-corrected chi connectivity index (χ2v) is 2.73. The van der Waals surface area contributed by atoms with Gasteiger partial charge >= 0.3 is 5.97 Å². The number of ether oxygens (including phenoxy) is 1. The maximum Gasteiger partial charge on any atom is 0.330 e. The Kier molecular flexibility index (Phi) is 3.97. The number of benzene rings is 1. The van der Waals surface area contributed by atoms with Crippen molar-refractivity contribution < 1.29 is 18.3 Å². The fraction of sp³-hybridized carbons (Fsp3) is 0.182. The van der Waals surface area contributed by atoms with Crippen molar-refractivity contribution in [1.29, 1.82) is 0 Å². The van der Waals surface area contributed by atoms with Crippen molar-refractivity contribution in [2.45, 2.75) is 6.92 Å². The Morgan fingerprint density at radius 1 is 1.47 bits per heavy atom. The van der Waals surface area contributed by atoms with Crippen molar-refractivity contribution in [3.05, 3.63) is 41.5 Å². The molecule has 0 aliphatic heterocycles. The summed E-state index contributed by atoms with van der Waals surface area (Å²) in [4.78, 5) is 10.9. The molecule has 0 N–H and O–H groups in total. The molecule has 0 atom stereocenters. The van der Waals surface area contributed by atoms with Crippen molar-refractivity contribution in [3.63, 3.8) is 0 Å². The van der Waals surface area contributed by atoms with Crippen LogP contribution in [-0.4, -0.2) is 12.6 Å². The summed E-state index contributed by atoms with van der Waals surface area (Å²) in [6.45, 7) is 1.91. The fourth-order valence-corrected chi connectivity index (χ4v) is 0.997. The van der Waals surface area contributed by atoms with Crippen LogP contribution in [-0.2, 0) is 9.53 Å². The average molecular weight is 212 g/mol. The zero-order chi connectivity index (χ0) is 11.3. The van der Waals surface area contributed by atoms with E-state index in [0.717, 1.165) is 12.1 Å². The van der Waals surface area contributed by atoms with Gasteiger partial charge in [0.15, 0.2) is 11.6 Å². The summed E-state index contributed by atoms with van der Waals surface area (Å²) in [5.74, 6) is -2.50. The highest BCUT2D eigenvalue weighted by Gasteiger charge is 2.04. The Morgan fingerprint density at radius 3 is 2.87 bits per heavy atom. The molecule has 1 rings (SSSR count). The largest absolute Gasteiger partial charge is 0.463 e. The van der Waals surface area contributed by atoms with E-state index in [4.69, 9.17) is 0 Å². The van der Waals surface area contributed by atoms with Crippen LogP contribution in [0.4, 0.5) is 8.78 Å². The molecule has 0 saturated carbocycles. The molecule has 1 aromatic carbocycles. The number of rotatable bonds is 3. The van der Waals surface area contributed by atoms with Gasteiger partial charge in [0.05, 0.1) is 6.61 Å². The molecule has 15 heavy (non-hydrogen) atoms. The molecule has 0 unspecified atom stereocenters. The standard InChI is InChI=1S/C11H10F2O2/c1-2-15-10(14)7-6-8-4-3-5-9(12)11(8)13/h3-7H,2H2,1H3/b7-6+. The van der Waals surface area contributed by atoms with Crippen molar-refractivity contribution in [1.82, 2.24) is 0 Å². The highest BCUT2D eigenvalue weighted by atomic mass is 19.2. The maximum atomic E-state index is 13.1. The Hall–Kier alpha value is -1.71. The summed E-state index contributed by atoms with van der Waals surface area (Å²) in [6.07, 6.45) is 2.23. The highest BCUT2D eigenvalue weighted by molar-refractivity contribution is 5.87. The molecule has 0 radical (unpaired) electrons. The molecule has 0 amide bonds. The molecule has 0 heterocycles. The molecule has 80 valence electrons. The van der Waals surface area contributed by atoms with Gasteiger partial charge in [-0.25, -0.2) is 13.6 Å². The second kappa shape index (κ2) is 5.24. The maximum absolute atomic E-state index is 13.1. The van der Waals surface area contributed by atoms with Crippen LogP contribution >= 0.6 is 0 Å². The zero-order valence-corrected chi connectivity index (χ0v) is 8.17. The lowest BCUT2D eigenvalue weighted by Crippen LogP contribution is -1.99. The summed E-state index contributed by atoms with van der Waals surface area (Å²) in [5, 5.41) is 0. The number of hydrogen-bond donors (Lipinski definition) is 0. The van der Waals surface area contributed by atoms with Crippen molar-refractivity contribution in [2.24, 2.45) is 0 Å². The van der Waals surface area contributed by atoms with Crippen molar-refractivity contribution in [2.75, 3.05) is 6.61 Å². The van der Waals surface area contributed by atoms with Crippen LogP contribution < -0.4 is 0 Å². The number of hydrogen-bond acceptors (Lipinski definition) is 2. The van der Waals surface area contributed by atoms with Gasteiger partial charge in [-0.2, -0.15) is 0 Å². The van der Waals surface area contributed by atoms with Gasteiger partial charge in [0, 0.05) is 11.6 Å². The molecule has 4 heteroatoms. The lowest BCUT2D eigenvalue weighted by molar-refractivity contribution is -0.137. The van der Waals surface area contributed by atoms with Gasteiger partial charge in [-0.1, -0.05) is 12.1 Å². The number of esters is 1. The van der Waals surface area contributed by atoms with E-state index in [1.807, 2.05) is 0 Å². The van der Waals surface area contributed by atoms with Gasteiger partial charge < -0.3 is 4.74 Å². The topological polar surface area (TPSA) is 26.3 Å². The quantitative estimate of drug-likeness (QED) is 0.568. The van der Waals surface area contributed by atoms with Crippen LogP contribution in [0.1, 0.15) is 12.5 Å². The third-order valence-electron chi connectivity index (χ3n) is 1.67.